The van der Waals surface area contributed by atoms with E-state index in [1.807, 2.05) is 22.9 Å². The van der Waals surface area contributed by atoms with Crippen LogP contribution in [0.4, 0.5) is 0 Å². The van der Waals surface area contributed by atoms with Crippen LogP contribution in [0.3, 0.4) is 0 Å². The van der Waals surface area contributed by atoms with Crippen molar-refractivity contribution < 1.29 is 4.79 Å². The summed E-state index contributed by atoms with van der Waals surface area (Å²) in [5, 5.41) is 10.1. The highest BCUT2D eigenvalue weighted by Gasteiger charge is 2.43. The lowest BCUT2D eigenvalue weighted by Crippen LogP contribution is -2.28. The summed E-state index contributed by atoms with van der Waals surface area (Å²) in [7, 11) is 0. The molecule has 6 nitrogen and oxygen atoms in total. The molecule has 2 aromatic rings. The molecule has 0 aliphatic heterocycles. The van der Waals surface area contributed by atoms with Crippen molar-refractivity contribution in [2.45, 2.75) is 38.6 Å². The molecular weight excluding hydrogens is 310 g/mol. The van der Waals surface area contributed by atoms with E-state index in [-0.39, 0.29) is 17.9 Å². The highest BCUT2D eigenvalue weighted by Crippen LogP contribution is 2.47. The average Bonchev–Trinajstić information content (AvgIpc) is 3.26. The van der Waals surface area contributed by atoms with Crippen LogP contribution in [0.1, 0.15) is 43.6 Å². The van der Waals surface area contributed by atoms with Gasteiger partial charge in [0.05, 0.1) is 0 Å². The summed E-state index contributed by atoms with van der Waals surface area (Å²) in [6.07, 6.45) is 5.17. The van der Waals surface area contributed by atoms with E-state index in [4.69, 9.17) is 12.2 Å². The number of rotatable bonds is 6. The SMILES string of the molecule is CC(C)n1c(CCNC(=O)[C@H]2C[C@H]2c2cccnc2)n[nH]c1=S. The zero-order valence-electron chi connectivity index (χ0n) is 13.3. The van der Waals surface area contributed by atoms with Crippen LogP contribution in [0.15, 0.2) is 24.5 Å². The largest absolute Gasteiger partial charge is 0.355 e. The number of hydrogen-bond donors (Lipinski definition) is 2. The predicted molar refractivity (Wildman–Crippen MR) is 89.6 cm³/mol. The van der Waals surface area contributed by atoms with Crippen LogP contribution in [0.5, 0.6) is 0 Å². The number of pyridine rings is 1. The van der Waals surface area contributed by atoms with Gasteiger partial charge in [0.2, 0.25) is 5.91 Å². The van der Waals surface area contributed by atoms with Gasteiger partial charge in [-0.1, -0.05) is 6.07 Å². The third-order valence-corrected chi connectivity index (χ3v) is 4.47. The fourth-order valence-corrected chi connectivity index (χ4v) is 3.29. The van der Waals surface area contributed by atoms with Crippen LogP contribution in [0.2, 0.25) is 0 Å². The Kier molecular flexibility index (Phi) is 4.56. The fraction of sp³-hybridized carbons (Fsp3) is 0.500. The number of carbonyl (C=O) groups is 1. The summed E-state index contributed by atoms with van der Waals surface area (Å²) in [5.41, 5.74) is 1.15. The molecule has 3 rings (SSSR count). The second kappa shape index (κ2) is 6.62. The van der Waals surface area contributed by atoms with Crippen molar-refractivity contribution in [3.05, 3.63) is 40.7 Å². The van der Waals surface area contributed by atoms with E-state index < -0.39 is 0 Å². The maximum absolute atomic E-state index is 12.2. The van der Waals surface area contributed by atoms with Gasteiger partial charge in [0.25, 0.3) is 0 Å². The predicted octanol–water partition coefficient (Wildman–Crippen LogP) is 2.38. The van der Waals surface area contributed by atoms with Gasteiger partial charge in [0.1, 0.15) is 5.82 Å². The number of carbonyl (C=O) groups excluding carboxylic acids is 1. The number of hydrogen-bond acceptors (Lipinski definition) is 4. The zero-order valence-corrected chi connectivity index (χ0v) is 14.1. The Labute approximate surface area is 140 Å². The third-order valence-electron chi connectivity index (χ3n) is 4.18. The molecule has 7 heteroatoms. The molecule has 0 aromatic carbocycles. The van der Waals surface area contributed by atoms with E-state index in [9.17, 15) is 4.79 Å². The molecule has 2 aromatic heterocycles. The summed E-state index contributed by atoms with van der Waals surface area (Å²) < 4.78 is 2.61. The highest BCUT2D eigenvalue weighted by molar-refractivity contribution is 7.71. The van der Waals surface area contributed by atoms with Crippen LogP contribution in [0.25, 0.3) is 0 Å². The lowest BCUT2D eigenvalue weighted by molar-refractivity contribution is -0.122. The van der Waals surface area contributed by atoms with Gasteiger partial charge in [0, 0.05) is 37.3 Å². The third kappa shape index (κ3) is 3.50. The van der Waals surface area contributed by atoms with Crippen LogP contribution in [0, 0.1) is 10.7 Å². The lowest BCUT2D eigenvalue weighted by Gasteiger charge is -2.10. The summed E-state index contributed by atoms with van der Waals surface area (Å²) in [4.78, 5) is 16.3. The van der Waals surface area contributed by atoms with Crippen molar-refractivity contribution in [3.63, 3.8) is 0 Å². The van der Waals surface area contributed by atoms with Crippen LogP contribution < -0.4 is 5.32 Å². The van der Waals surface area contributed by atoms with Crippen molar-refractivity contribution in [1.82, 2.24) is 25.1 Å². The van der Waals surface area contributed by atoms with Gasteiger partial charge in [-0.15, -0.1) is 0 Å². The van der Waals surface area contributed by atoms with Gasteiger partial charge in [-0.05, 0) is 50.0 Å². The monoisotopic (exact) mass is 331 g/mol. The fourth-order valence-electron chi connectivity index (χ4n) is 2.92. The van der Waals surface area contributed by atoms with Gasteiger partial charge < -0.3 is 9.88 Å². The van der Waals surface area contributed by atoms with Crippen LogP contribution >= 0.6 is 12.2 Å². The van der Waals surface area contributed by atoms with Gasteiger partial charge in [-0.25, -0.2) is 0 Å². The van der Waals surface area contributed by atoms with Gasteiger partial charge >= 0.3 is 0 Å². The Morgan fingerprint density at radius 3 is 3.09 bits per heavy atom. The number of nitrogens with one attached hydrogen (secondary N) is 2. The van der Waals surface area contributed by atoms with Crippen molar-refractivity contribution in [3.8, 4) is 0 Å². The molecule has 0 saturated heterocycles. The molecule has 23 heavy (non-hydrogen) atoms. The summed E-state index contributed by atoms with van der Waals surface area (Å²) in [6, 6.07) is 4.20. The molecule has 1 aliphatic carbocycles. The molecule has 1 amide bonds. The molecule has 0 radical (unpaired) electrons. The smallest absolute Gasteiger partial charge is 0.223 e. The topological polar surface area (TPSA) is 75.6 Å². The van der Waals surface area contributed by atoms with Crippen LogP contribution in [-0.2, 0) is 11.2 Å². The van der Waals surface area contributed by atoms with E-state index >= 15 is 0 Å². The summed E-state index contributed by atoms with van der Waals surface area (Å²) in [5.74, 6) is 1.38. The maximum atomic E-state index is 12.2. The second-order valence-electron chi connectivity index (χ2n) is 6.18. The maximum Gasteiger partial charge on any atom is 0.223 e. The average molecular weight is 331 g/mol. The highest BCUT2D eigenvalue weighted by atomic mass is 32.1. The molecule has 0 bridgehead atoms. The molecule has 2 N–H and O–H groups in total. The van der Waals surface area contributed by atoms with Crippen molar-refractivity contribution in [2.24, 2.45) is 5.92 Å². The standard InChI is InChI=1S/C16H21N5OS/c1-10(2)21-14(19-20-16(21)23)5-7-18-15(22)13-8-12(13)11-4-3-6-17-9-11/h3-4,6,9-10,12-13H,5,7-8H2,1-2H3,(H,18,22)(H,20,23)/t12-,13-/m0/s1. The minimum atomic E-state index is 0.0742. The first kappa shape index (κ1) is 15.9. The number of aromatic amines is 1. The van der Waals surface area contributed by atoms with Gasteiger partial charge in [0.15, 0.2) is 4.77 Å². The Morgan fingerprint density at radius 2 is 2.39 bits per heavy atom. The number of aromatic nitrogens is 4. The molecule has 1 fully saturated rings. The Morgan fingerprint density at radius 1 is 1.57 bits per heavy atom. The first-order chi connectivity index (χ1) is 11.1. The Bertz CT molecular complexity index is 736. The molecule has 122 valence electrons. The van der Waals surface area contributed by atoms with E-state index in [0.29, 0.717) is 23.7 Å². The van der Waals surface area contributed by atoms with Gasteiger partial charge in [-0.2, -0.15) is 5.10 Å². The number of nitrogens with zero attached hydrogens (tertiary/aromatic N) is 3. The zero-order chi connectivity index (χ0) is 16.4. The van der Waals surface area contributed by atoms with E-state index in [2.05, 4.69) is 34.3 Å². The van der Waals surface area contributed by atoms with Crippen LogP contribution in [-0.4, -0.2) is 32.2 Å². The minimum absolute atomic E-state index is 0.0742. The first-order valence-corrected chi connectivity index (χ1v) is 8.32. The van der Waals surface area contributed by atoms with Crippen molar-refractivity contribution in [1.29, 1.82) is 0 Å². The second-order valence-corrected chi connectivity index (χ2v) is 6.57. The van der Waals surface area contributed by atoms with Crippen molar-refractivity contribution >= 4 is 18.1 Å². The molecule has 2 heterocycles. The quantitative estimate of drug-likeness (QED) is 0.797. The number of H-pyrrole nitrogens is 1. The lowest BCUT2D eigenvalue weighted by atomic mass is 10.1. The molecule has 1 saturated carbocycles. The number of amides is 1. The summed E-state index contributed by atoms with van der Waals surface area (Å²) >= 11 is 5.22. The van der Waals surface area contributed by atoms with Crippen molar-refractivity contribution in [2.75, 3.05) is 6.54 Å². The molecule has 0 spiro atoms. The van der Waals surface area contributed by atoms with E-state index in [0.717, 1.165) is 17.8 Å². The van der Waals surface area contributed by atoms with Gasteiger partial charge in [-0.3, -0.25) is 14.9 Å². The van der Waals surface area contributed by atoms with E-state index in [1.165, 1.54) is 0 Å². The normalized spacial score (nSPS) is 19.8. The molecule has 0 unspecified atom stereocenters. The summed E-state index contributed by atoms with van der Waals surface area (Å²) in [6.45, 7) is 4.70. The van der Waals surface area contributed by atoms with E-state index in [1.54, 1.807) is 6.20 Å². The minimum Gasteiger partial charge on any atom is -0.355 e. The molecular formula is C16H21N5OS. The Balaban J connectivity index is 1.51. The molecule has 2 atom stereocenters. The first-order valence-electron chi connectivity index (χ1n) is 7.91. The molecule has 1 aliphatic rings. The Hall–Kier alpha value is -2.02.